The van der Waals surface area contributed by atoms with Crippen LogP contribution < -0.4 is 0 Å². The van der Waals surface area contributed by atoms with Crippen LogP contribution in [0.3, 0.4) is 0 Å². The standard InChI is InChI=1S/C19H27N5O/c1-14(16-5-3-9-20-11-16)23(2)17-6-4-10-24(12-17)13-18-21-19(25-22-18)15-7-8-15/h3,5,9,11,14-15,17H,4,6-8,10,12-13H2,1-2H3. The van der Waals surface area contributed by atoms with E-state index in [1.807, 2.05) is 18.5 Å². The van der Waals surface area contributed by atoms with E-state index in [1.54, 1.807) is 0 Å². The van der Waals surface area contributed by atoms with Gasteiger partial charge in [0.25, 0.3) is 0 Å². The Hall–Kier alpha value is -1.79. The van der Waals surface area contributed by atoms with Crippen molar-refractivity contribution in [3.63, 3.8) is 0 Å². The first-order valence-electron chi connectivity index (χ1n) is 9.37. The van der Waals surface area contributed by atoms with Crippen LogP contribution in [0.1, 0.15) is 61.8 Å². The minimum Gasteiger partial charge on any atom is -0.339 e. The predicted octanol–water partition coefficient (Wildman–Crippen LogP) is 3.00. The van der Waals surface area contributed by atoms with Gasteiger partial charge in [0.1, 0.15) is 0 Å². The maximum atomic E-state index is 5.40. The Labute approximate surface area is 149 Å². The Bertz CT molecular complexity index is 684. The molecule has 0 N–H and O–H groups in total. The average molecular weight is 341 g/mol. The Balaban J connectivity index is 1.36. The Morgan fingerprint density at radius 3 is 3.00 bits per heavy atom. The van der Waals surface area contributed by atoms with Crippen molar-refractivity contribution < 1.29 is 4.52 Å². The smallest absolute Gasteiger partial charge is 0.229 e. The number of pyridine rings is 1. The molecular weight excluding hydrogens is 314 g/mol. The second kappa shape index (κ2) is 7.22. The molecule has 2 unspecified atom stereocenters. The van der Waals surface area contributed by atoms with Crippen molar-refractivity contribution >= 4 is 0 Å². The second-order valence-electron chi connectivity index (χ2n) is 7.48. The zero-order valence-electron chi connectivity index (χ0n) is 15.1. The van der Waals surface area contributed by atoms with Gasteiger partial charge in [-0.3, -0.25) is 14.8 Å². The second-order valence-corrected chi connectivity index (χ2v) is 7.48. The van der Waals surface area contributed by atoms with Crippen LogP contribution in [0.5, 0.6) is 0 Å². The van der Waals surface area contributed by atoms with Gasteiger partial charge < -0.3 is 4.52 Å². The molecule has 2 aliphatic rings. The minimum atomic E-state index is 0.366. The summed E-state index contributed by atoms with van der Waals surface area (Å²) in [4.78, 5) is 13.8. The van der Waals surface area contributed by atoms with Crippen molar-refractivity contribution in [1.82, 2.24) is 24.9 Å². The lowest BCUT2D eigenvalue weighted by Crippen LogP contribution is -2.46. The number of likely N-dealkylation sites (N-methyl/N-ethyl adjacent to an activating group) is 1. The molecule has 0 bridgehead atoms. The van der Waals surface area contributed by atoms with Gasteiger partial charge in [0.05, 0.1) is 6.54 Å². The molecule has 2 aromatic rings. The molecule has 25 heavy (non-hydrogen) atoms. The molecule has 1 saturated heterocycles. The lowest BCUT2D eigenvalue weighted by Gasteiger charge is -2.40. The van der Waals surface area contributed by atoms with Crippen LogP contribution >= 0.6 is 0 Å². The molecule has 4 rings (SSSR count). The van der Waals surface area contributed by atoms with Gasteiger partial charge in [-0.25, -0.2) is 0 Å². The van der Waals surface area contributed by atoms with E-state index < -0.39 is 0 Å². The summed E-state index contributed by atoms with van der Waals surface area (Å²) in [5.41, 5.74) is 1.27. The highest BCUT2D eigenvalue weighted by Crippen LogP contribution is 2.38. The highest BCUT2D eigenvalue weighted by Gasteiger charge is 2.31. The van der Waals surface area contributed by atoms with E-state index >= 15 is 0 Å². The first-order chi connectivity index (χ1) is 12.2. The number of hydrogen-bond acceptors (Lipinski definition) is 6. The monoisotopic (exact) mass is 341 g/mol. The van der Waals surface area contributed by atoms with Gasteiger partial charge in [-0.2, -0.15) is 4.98 Å². The normalized spacial score (nSPS) is 23.1. The van der Waals surface area contributed by atoms with E-state index in [1.165, 1.54) is 31.2 Å². The first-order valence-corrected chi connectivity index (χ1v) is 9.37. The van der Waals surface area contributed by atoms with Crippen LogP contribution in [0.25, 0.3) is 0 Å². The molecule has 0 amide bonds. The molecule has 1 saturated carbocycles. The summed E-state index contributed by atoms with van der Waals surface area (Å²) in [6.07, 6.45) is 8.65. The van der Waals surface area contributed by atoms with Gasteiger partial charge in [0.2, 0.25) is 5.89 Å². The third kappa shape index (κ3) is 3.90. The van der Waals surface area contributed by atoms with Crippen LogP contribution in [0, 0.1) is 0 Å². The van der Waals surface area contributed by atoms with E-state index in [9.17, 15) is 0 Å². The summed E-state index contributed by atoms with van der Waals surface area (Å²) in [6, 6.07) is 5.08. The molecule has 2 atom stereocenters. The fourth-order valence-electron chi connectivity index (χ4n) is 3.71. The third-order valence-corrected chi connectivity index (χ3v) is 5.61. The van der Waals surface area contributed by atoms with Crippen molar-refractivity contribution in [3.05, 3.63) is 41.8 Å². The number of nitrogens with zero attached hydrogens (tertiary/aromatic N) is 5. The lowest BCUT2D eigenvalue weighted by molar-refractivity contribution is 0.0852. The zero-order chi connectivity index (χ0) is 17.2. The summed E-state index contributed by atoms with van der Waals surface area (Å²) >= 11 is 0. The van der Waals surface area contributed by atoms with E-state index in [0.29, 0.717) is 18.0 Å². The molecule has 6 heteroatoms. The maximum absolute atomic E-state index is 5.40. The number of aromatic nitrogens is 3. The Morgan fingerprint density at radius 1 is 1.36 bits per heavy atom. The molecule has 134 valence electrons. The van der Waals surface area contributed by atoms with Gasteiger partial charge in [-0.05, 0) is 57.8 Å². The Morgan fingerprint density at radius 2 is 2.24 bits per heavy atom. The summed E-state index contributed by atoms with van der Waals surface area (Å²) in [5, 5.41) is 4.17. The SMILES string of the molecule is CC(c1cccnc1)N(C)C1CCCN(Cc2noc(C3CC3)n2)C1. The molecule has 1 aliphatic heterocycles. The average Bonchev–Trinajstić information content (AvgIpc) is 3.41. The van der Waals surface area contributed by atoms with Crippen molar-refractivity contribution in [2.75, 3.05) is 20.1 Å². The topological polar surface area (TPSA) is 58.3 Å². The quantitative estimate of drug-likeness (QED) is 0.805. The van der Waals surface area contributed by atoms with Crippen molar-refractivity contribution in [1.29, 1.82) is 0 Å². The van der Waals surface area contributed by atoms with E-state index in [4.69, 9.17) is 4.52 Å². The van der Waals surface area contributed by atoms with Crippen LogP contribution in [0.15, 0.2) is 29.0 Å². The van der Waals surface area contributed by atoms with Gasteiger partial charge in [-0.1, -0.05) is 11.2 Å². The fraction of sp³-hybridized carbons (Fsp3) is 0.632. The summed E-state index contributed by atoms with van der Waals surface area (Å²) in [6.45, 7) is 5.21. The molecule has 2 fully saturated rings. The Kier molecular flexibility index (Phi) is 4.81. The third-order valence-electron chi connectivity index (χ3n) is 5.61. The van der Waals surface area contributed by atoms with E-state index in [-0.39, 0.29) is 0 Å². The van der Waals surface area contributed by atoms with Gasteiger partial charge in [0.15, 0.2) is 5.82 Å². The van der Waals surface area contributed by atoms with Crippen LogP contribution in [0.4, 0.5) is 0 Å². The molecule has 6 nitrogen and oxygen atoms in total. The summed E-state index contributed by atoms with van der Waals surface area (Å²) < 4.78 is 5.40. The zero-order valence-corrected chi connectivity index (χ0v) is 15.1. The van der Waals surface area contributed by atoms with Crippen LogP contribution in [0.2, 0.25) is 0 Å². The molecule has 2 aromatic heterocycles. The highest BCUT2D eigenvalue weighted by atomic mass is 16.5. The minimum absolute atomic E-state index is 0.366. The number of likely N-dealkylation sites (tertiary alicyclic amines) is 1. The number of hydrogen-bond donors (Lipinski definition) is 0. The molecule has 0 spiro atoms. The van der Waals surface area contributed by atoms with Crippen LogP contribution in [-0.4, -0.2) is 51.1 Å². The maximum Gasteiger partial charge on any atom is 0.229 e. The number of piperidine rings is 1. The molecule has 0 radical (unpaired) electrons. The fourth-order valence-corrected chi connectivity index (χ4v) is 3.71. The van der Waals surface area contributed by atoms with Crippen molar-refractivity contribution in [2.45, 2.75) is 57.2 Å². The van der Waals surface area contributed by atoms with Gasteiger partial charge >= 0.3 is 0 Å². The van der Waals surface area contributed by atoms with E-state index in [0.717, 1.165) is 31.3 Å². The molecule has 1 aliphatic carbocycles. The molecular formula is C19H27N5O. The molecule has 0 aromatic carbocycles. The van der Waals surface area contributed by atoms with Gasteiger partial charge in [-0.15, -0.1) is 0 Å². The number of rotatable bonds is 6. The van der Waals surface area contributed by atoms with Crippen LogP contribution in [-0.2, 0) is 6.54 Å². The highest BCUT2D eigenvalue weighted by molar-refractivity contribution is 5.13. The van der Waals surface area contributed by atoms with Crippen molar-refractivity contribution in [2.24, 2.45) is 0 Å². The summed E-state index contributed by atoms with van der Waals surface area (Å²) in [7, 11) is 2.23. The first kappa shape index (κ1) is 16.7. The molecule has 3 heterocycles. The van der Waals surface area contributed by atoms with E-state index in [2.05, 4.69) is 45.0 Å². The van der Waals surface area contributed by atoms with Gasteiger partial charge in [0, 0.05) is 36.9 Å². The van der Waals surface area contributed by atoms with Crippen molar-refractivity contribution in [3.8, 4) is 0 Å². The predicted molar refractivity (Wildman–Crippen MR) is 95.0 cm³/mol. The largest absolute Gasteiger partial charge is 0.339 e. The lowest BCUT2D eigenvalue weighted by atomic mass is 10.0. The summed E-state index contributed by atoms with van der Waals surface area (Å²) in [5.74, 6) is 2.21.